The van der Waals surface area contributed by atoms with Gasteiger partial charge in [-0.15, -0.1) is 11.3 Å². The van der Waals surface area contributed by atoms with Crippen LogP contribution in [0.25, 0.3) is 0 Å². The molecule has 0 aromatic carbocycles. The number of likely N-dealkylation sites (N-methyl/N-ethyl adjacent to an activating group) is 1. The molecule has 2 N–H and O–H groups in total. The standard InChI is InChI=1S/C12H15N3OS2/c1-7-9(11(16)15(2)3)10(14-12(17)13-7)8-5-4-6-18-8/h4-6,10H,1-3H3,(H2,13,14,17). The summed E-state index contributed by atoms with van der Waals surface area (Å²) in [5, 5.41) is 8.73. The van der Waals surface area contributed by atoms with Crippen molar-refractivity contribution < 1.29 is 4.79 Å². The van der Waals surface area contributed by atoms with Crippen LogP contribution in [0.3, 0.4) is 0 Å². The van der Waals surface area contributed by atoms with Gasteiger partial charge in [0.05, 0.1) is 11.6 Å². The first kappa shape index (κ1) is 13.0. The predicted molar refractivity (Wildman–Crippen MR) is 77.3 cm³/mol. The van der Waals surface area contributed by atoms with Crippen molar-refractivity contribution in [3.63, 3.8) is 0 Å². The van der Waals surface area contributed by atoms with Crippen LogP contribution >= 0.6 is 23.6 Å². The van der Waals surface area contributed by atoms with E-state index in [0.29, 0.717) is 5.11 Å². The fraction of sp³-hybridized carbons (Fsp3) is 0.333. The number of nitrogens with one attached hydrogen (secondary N) is 2. The number of thiocarbonyl (C=S) groups is 1. The lowest BCUT2D eigenvalue weighted by Crippen LogP contribution is -2.46. The highest BCUT2D eigenvalue weighted by molar-refractivity contribution is 7.80. The number of amides is 1. The first-order valence-electron chi connectivity index (χ1n) is 5.54. The summed E-state index contributed by atoms with van der Waals surface area (Å²) in [7, 11) is 3.50. The molecule has 0 radical (unpaired) electrons. The predicted octanol–water partition coefficient (Wildman–Crippen LogP) is 1.63. The summed E-state index contributed by atoms with van der Waals surface area (Å²) in [6.45, 7) is 1.88. The third kappa shape index (κ3) is 2.39. The summed E-state index contributed by atoms with van der Waals surface area (Å²) in [5.74, 6) is -0.00611. The molecule has 1 aliphatic heterocycles. The van der Waals surface area contributed by atoms with Gasteiger partial charge >= 0.3 is 0 Å². The fourth-order valence-corrected chi connectivity index (χ4v) is 2.94. The van der Waals surface area contributed by atoms with Gasteiger partial charge in [-0.1, -0.05) is 6.07 Å². The van der Waals surface area contributed by atoms with E-state index < -0.39 is 0 Å². The van der Waals surface area contributed by atoms with Crippen molar-refractivity contribution >= 4 is 34.6 Å². The van der Waals surface area contributed by atoms with Gasteiger partial charge in [-0.2, -0.15) is 0 Å². The van der Waals surface area contributed by atoms with Crippen LogP contribution < -0.4 is 10.6 Å². The fourth-order valence-electron chi connectivity index (χ4n) is 1.89. The summed E-state index contributed by atoms with van der Waals surface area (Å²) < 4.78 is 0. The Morgan fingerprint density at radius 2 is 2.22 bits per heavy atom. The summed E-state index contributed by atoms with van der Waals surface area (Å²) in [4.78, 5) is 14.9. The molecule has 1 aromatic rings. The molecule has 0 saturated carbocycles. The second-order valence-electron chi connectivity index (χ2n) is 4.29. The molecule has 0 bridgehead atoms. The van der Waals surface area contributed by atoms with Crippen molar-refractivity contribution in [2.45, 2.75) is 13.0 Å². The molecule has 4 nitrogen and oxygen atoms in total. The minimum Gasteiger partial charge on any atom is -0.350 e. The van der Waals surface area contributed by atoms with Gasteiger partial charge in [-0.25, -0.2) is 0 Å². The van der Waals surface area contributed by atoms with E-state index in [1.54, 1.807) is 30.3 Å². The SMILES string of the molecule is CC1=C(C(=O)N(C)C)C(c2cccs2)NC(=S)N1. The van der Waals surface area contributed by atoms with E-state index in [0.717, 1.165) is 16.1 Å². The Balaban J connectivity index is 2.45. The van der Waals surface area contributed by atoms with E-state index in [9.17, 15) is 4.79 Å². The molecule has 0 saturated heterocycles. The second kappa shape index (κ2) is 5.07. The van der Waals surface area contributed by atoms with Crippen LogP contribution in [-0.2, 0) is 4.79 Å². The third-order valence-electron chi connectivity index (χ3n) is 2.73. The summed E-state index contributed by atoms with van der Waals surface area (Å²) >= 11 is 6.77. The molecule has 1 aromatic heterocycles. The van der Waals surface area contributed by atoms with Crippen LogP contribution in [0.5, 0.6) is 0 Å². The van der Waals surface area contributed by atoms with Gasteiger partial charge in [0.2, 0.25) is 0 Å². The molecule has 1 atom stereocenters. The molecule has 0 aliphatic carbocycles. The molecule has 2 rings (SSSR count). The summed E-state index contributed by atoms with van der Waals surface area (Å²) in [6.07, 6.45) is 0. The molecular weight excluding hydrogens is 266 g/mol. The number of allylic oxidation sites excluding steroid dienone is 1. The van der Waals surface area contributed by atoms with Crippen molar-refractivity contribution in [2.24, 2.45) is 0 Å². The highest BCUT2D eigenvalue weighted by Crippen LogP contribution is 2.30. The van der Waals surface area contributed by atoms with E-state index >= 15 is 0 Å². The van der Waals surface area contributed by atoms with Crippen molar-refractivity contribution in [3.8, 4) is 0 Å². The van der Waals surface area contributed by atoms with E-state index in [2.05, 4.69) is 10.6 Å². The Labute approximate surface area is 116 Å². The zero-order chi connectivity index (χ0) is 13.3. The molecule has 0 spiro atoms. The van der Waals surface area contributed by atoms with Crippen LogP contribution in [0, 0.1) is 0 Å². The third-order valence-corrected chi connectivity index (χ3v) is 3.89. The molecule has 0 fully saturated rings. The number of hydrogen-bond acceptors (Lipinski definition) is 3. The minimum absolute atomic E-state index is 0.00611. The van der Waals surface area contributed by atoms with E-state index in [-0.39, 0.29) is 11.9 Å². The average molecular weight is 281 g/mol. The topological polar surface area (TPSA) is 44.4 Å². The Kier molecular flexibility index (Phi) is 3.68. The van der Waals surface area contributed by atoms with E-state index in [4.69, 9.17) is 12.2 Å². The van der Waals surface area contributed by atoms with Gasteiger partial charge in [0.25, 0.3) is 5.91 Å². The van der Waals surface area contributed by atoms with Gasteiger partial charge in [-0.05, 0) is 30.6 Å². The zero-order valence-electron chi connectivity index (χ0n) is 10.5. The summed E-state index contributed by atoms with van der Waals surface area (Å²) in [6, 6.07) is 3.82. The molecule has 96 valence electrons. The van der Waals surface area contributed by atoms with E-state index in [1.165, 1.54) is 0 Å². The van der Waals surface area contributed by atoms with Gasteiger partial charge in [-0.3, -0.25) is 4.79 Å². The van der Waals surface area contributed by atoms with Crippen molar-refractivity contribution in [1.29, 1.82) is 0 Å². The molecular formula is C12H15N3OS2. The van der Waals surface area contributed by atoms with Crippen LogP contribution in [0.2, 0.25) is 0 Å². The van der Waals surface area contributed by atoms with Crippen LogP contribution in [0.1, 0.15) is 17.8 Å². The van der Waals surface area contributed by atoms with Crippen molar-refractivity contribution in [3.05, 3.63) is 33.7 Å². The zero-order valence-corrected chi connectivity index (χ0v) is 12.1. The van der Waals surface area contributed by atoms with Crippen LogP contribution in [0.4, 0.5) is 0 Å². The monoisotopic (exact) mass is 281 g/mol. The number of carbonyl (C=O) groups excluding carboxylic acids is 1. The Hall–Kier alpha value is -1.40. The number of thiophene rings is 1. The molecule has 18 heavy (non-hydrogen) atoms. The molecule has 2 heterocycles. The van der Waals surface area contributed by atoms with Crippen LogP contribution in [0.15, 0.2) is 28.8 Å². The maximum atomic E-state index is 12.3. The van der Waals surface area contributed by atoms with Gasteiger partial charge < -0.3 is 15.5 Å². The largest absolute Gasteiger partial charge is 0.350 e. The number of rotatable bonds is 2. The van der Waals surface area contributed by atoms with Crippen LogP contribution in [-0.4, -0.2) is 30.0 Å². The smallest absolute Gasteiger partial charge is 0.253 e. The van der Waals surface area contributed by atoms with Crippen molar-refractivity contribution in [1.82, 2.24) is 15.5 Å². The lowest BCUT2D eigenvalue weighted by atomic mass is 10.0. The first-order chi connectivity index (χ1) is 8.50. The second-order valence-corrected chi connectivity index (χ2v) is 5.67. The average Bonchev–Trinajstić information content (AvgIpc) is 2.80. The molecule has 1 amide bonds. The quantitative estimate of drug-likeness (QED) is 0.809. The Morgan fingerprint density at radius 3 is 2.78 bits per heavy atom. The van der Waals surface area contributed by atoms with Gasteiger partial charge in [0, 0.05) is 24.7 Å². The Morgan fingerprint density at radius 1 is 1.50 bits per heavy atom. The first-order valence-corrected chi connectivity index (χ1v) is 6.83. The van der Waals surface area contributed by atoms with Crippen molar-refractivity contribution in [2.75, 3.05) is 14.1 Å². The maximum Gasteiger partial charge on any atom is 0.253 e. The lowest BCUT2D eigenvalue weighted by Gasteiger charge is -2.30. The lowest BCUT2D eigenvalue weighted by molar-refractivity contribution is -0.125. The van der Waals surface area contributed by atoms with Gasteiger partial charge in [0.1, 0.15) is 0 Å². The number of hydrogen-bond donors (Lipinski definition) is 2. The highest BCUT2D eigenvalue weighted by atomic mass is 32.1. The summed E-state index contributed by atoms with van der Waals surface area (Å²) in [5.41, 5.74) is 1.53. The van der Waals surface area contributed by atoms with Gasteiger partial charge in [0.15, 0.2) is 5.11 Å². The Bertz CT molecular complexity index is 505. The minimum atomic E-state index is -0.159. The molecule has 1 aliphatic rings. The molecule has 6 heteroatoms. The number of nitrogens with zero attached hydrogens (tertiary/aromatic N) is 1. The maximum absolute atomic E-state index is 12.3. The molecule has 1 unspecified atom stereocenters. The number of carbonyl (C=O) groups is 1. The van der Waals surface area contributed by atoms with E-state index in [1.807, 2.05) is 24.4 Å². The normalized spacial score (nSPS) is 19.3. The highest BCUT2D eigenvalue weighted by Gasteiger charge is 2.31.